The van der Waals surface area contributed by atoms with Crippen LogP contribution in [-0.2, 0) is 0 Å². The van der Waals surface area contributed by atoms with Crippen LogP contribution in [0.2, 0.25) is 0 Å². The third-order valence-corrected chi connectivity index (χ3v) is 4.44. The standard InChI is InChI=1S/C14H16N4O3/c19-18(20)10-3-4-13-11(6-10)16-14(21-13)17-7-9-2-1-5-15-12(9)8-17/h3-4,6,9,12,15H,1-2,5,7-8H2. The van der Waals surface area contributed by atoms with Crippen LogP contribution in [0.4, 0.5) is 11.7 Å². The SMILES string of the molecule is O=[N+]([O-])c1ccc2oc(N3CC4CCCNC4C3)nc2c1. The van der Waals surface area contributed by atoms with E-state index >= 15 is 0 Å². The highest BCUT2D eigenvalue weighted by Crippen LogP contribution is 2.31. The summed E-state index contributed by atoms with van der Waals surface area (Å²) < 4.78 is 5.76. The summed E-state index contributed by atoms with van der Waals surface area (Å²) in [6, 6.07) is 5.60. The van der Waals surface area contributed by atoms with Gasteiger partial charge in [-0.15, -0.1) is 0 Å². The third-order valence-electron chi connectivity index (χ3n) is 4.44. The summed E-state index contributed by atoms with van der Waals surface area (Å²) in [5.74, 6) is 0.642. The Morgan fingerprint density at radius 2 is 2.33 bits per heavy atom. The number of aromatic nitrogens is 1. The fourth-order valence-electron chi connectivity index (χ4n) is 3.36. The van der Waals surface area contributed by atoms with Crippen LogP contribution < -0.4 is 10.2 Å². The zero-order chi connectivity index (χ0) is 14.4. The Morgan fingerprint density at radius 3 is 3.14 bits per heavy atom. The molecule has 1 aromatic heterocycles. The van der Waals surface area contributed by atoms with Gasteiger partial charge < -0.3 is 14.6 Å². The summed E-state index contributed by atoms with van der Waals surface area (Å²) in [4.78, 5) is 17.0. The summed E-state index contributed by atoms with van der Waals surface area (Å²) in [5, 5.41) is 14.3. The number of non-ortho nitro benzene ring substituents is 1. The van der Waals surface area contributed by atoms with Gasteiger partial charge in [-0.05, 0) is 31.4 Å². The second-order valence-corrected chi connectivity index (χ2v) is 5.77. The third kappa shape index (κ3) is 2.13. The lowest BCUT2D eigenvalue weighted by atomic mass is 9.94. The zero-order valence-corrected chi connectivity index (χ0v) is 11.5. The molecule has 2 saturated heterocycles. The van der Waals surface area contributed by atoms with Crippen LogP contribution >= 0.6 is 0 Å². The van der Waals surface area contributed by atoms with Gasteiger partial charge in [-0.2, -0.15) is 4.98 Å². The number of oxazole rings is 1. The van der Waals surface area contributed by atoms with Crippen LogP contribution in [0, 0.1) is 16.0 Å². The molecule has 1 N–H and O–H groups in total. The predicted octanol–water partition coefficient (Wildman–Crippen LogP) is 1.92. The van der Waals surface area contributed by atoms with E-state index in [9.17, 15) is 10.1 Å². The molecule has 2 aliphatic heterocycles. The van der Waals surface area contributed by atoms with Crippen molar-refractivity contribution in [1.82, 2.24) is 10.3 Å². The molecule has 0 aliphatic carbocycles. The molecule has 1 aromatic carbocycles. The van der Waals surface area contributed by atoms with Gasteiger partial charge in [-0.3, -0.25) is 10.1 Å². The zero-order valence-electron chi connectivity index (χ0n) is 11.5. The van der Waals surface area contributed by atoms with Crippen LogP contribution in [0.1, 0.15) is 12.8 Å². The minimum absolute atomic E-state index is 0.0408. The van der Waals surface area contributed by atoms with Crippen molar-refractivity contribution in [2.45, 2.75) is 18.9 Å². The Bertz CT molecular complexity index is 685. The smallest absolute Gasteiger partial charge is 0.298 e. The molecule has 7 nitrogen and oxygen atoms in total. The average molecular weight is 288 g/mol. The first-order valence-corrected chi connectivity index (χ1v) is 7.24. The van der Waals surface area contributed by atoms with E-state index in [1.807, 2.05) is 0 Å². The van der Waals surface area contributed by atoms with E-state index in [4.69, 9.17) is 4.42 Å². The quantitative estimate of drug-likeness (QED) is 0.671. The number of nitro groups is 1. The van der Waals surface area contributed by atoms with Crippen molar-refractivity contribution in [3.8, 4) is 0 Å². The maximum atomic E-state index is 10.8. The fraction of sp³-hybridized carbons (Fsp3) is 0.500. The first-order chi connectivity index (χ1) is 10.2. The number of rotatable bonds is 2. The highest BCUT2D eigenvalue weighted by atomic mass is 16.6. The summed E-state index contributed by atoms with van der Waals surface area (Å²) in [6.07, 6.45) is 2.45. The number of piperidine rings is 1. The van der Waals surface area contributed by atoms with Crippen molar-refractivity contribution >= 4 is 22.8 Å². The van der Waals surface area contributed by atoms with Gasteiger partial charge >= 0.3 is 0 Å². The van der Waals surface area contributed by atoms with Crippen molar-refractivity contribution in [3.05, 3.63) is 28.3 Å². The lowest BCUT2D eigenvalue weighted by Crippen LogP contribution is -2.40. The number of hydrogen-bond donors (Lipinski definition) is 1. The summed E-state index contributed by atoms with van der Waals surface area (Å²) in [5.41, 5.74) is 1.18. The molecule has 2 atom stereocenters. The lowest BCUT2D eigenvalue weighted by Gasteiger charge is -2.24. The summed E-state index contributed by atoms with van der Waals surface area (Å²) in [6.45, 7) is 2.90. The van der Waals surface area contributed by atoms with E-state index in [1.54, 1.807) is 6.07 Å². The molecule has 0 spiro atoms. The molecule has 2 unspecified atom stereocenters. The minimum Gasteiger partial charge on any atom is -0.423 e. The van der Waals surface area contributed by atoms with Gasteiger partial charge in [0.2, 0.25) is 0 Å². The summed E-state index contributed by atoms with van der Waals surface area (Å²) in [7, 11) is 0. The molecule has 4 rings (SSSR count). The minimum atomic E-state index is -0.415. The molecule has 110 valence electrons. The van der Waals surface area contributed by atoms with Gasteiger partial charge in [0.25, 0.3) is 11.7 Å². The number of nitrogens with zero attached hydrogens (tertiary/aromatic N) is 3. The number of nitrogens with one attached hydrogen (secondary N) is 1. The highest BCUT2D eigenvalue weighted by molar-refractivity contribution is 5.77. The number of hydrogen-bond acceptors (Lipinski definition) is 6. The molecule has 2 aromatic rings. The second-order valence-electron chi connectivity index (χ2n) is 5.77. The molecule has 2 aliphatic rings. The normalized spacial score (nSPS) is 25.2. The van der Waals surface area contributed by atoms with Gasteiger partial charge in [-0.1, -0.05) is 0 Å². The molecule has 7 heteroatoms. The Kier molecular flexibility index (Phi) is 2.81. The van der Waals surface area contributed by atoms with Gasteiger partial charge in [0.1, 0.15) is 5.52 Å². The van der Waals surface area contributed by atoms with Crippen LogP contribution in [-0.4, -0.2) is 35.6 Å². The van der Waals surface area contributed by atoms with Gasteiger partial charge in [-0.25, -0.2) is 0 Å². The molecule has 21 heavy (non-hydrogen) atoms. The molecule has 3 heterocycles. The monoisotopic (exact) mass is 288 g/mol. The lowest BCUT2D eigenvalue weighted by molar-refractivity contribution is -0.384. The van der Waals surface area contributed by atoms with Crippen molar-refractivity contribution < 1.29 is 9.34 Å². The topological polar surface area (TPSA) is 84.4 Å². The molecule has 0 bridgehead atoms. The van der Waals surface area contributed by atoms with E-state index in [2.05, 4.69) is 15.2 Å². The number of fused-ring (bicyclic) bond motifs is 2. The van der Waals surface area contributed by atoms with Crippen LogP contribution in [0.25, 0.3) is 11.1 Å². The van der Waals surface area contributed by atoms with Crippen molar-refractivity contribution in [2.24, 2.45) is 5.92 Å². The number of anilines is 1. The van der Waals surface area contributed by atoms with Crippen molar-refractivity contribution in [2.75, 3.05) is 24.5 Å². The largest absolute Gasteiger partial charge is 0.423 e. The van der Waals surface area contributed by atoms with E-state index in [-0.39, 0.29) is 5.69 Å². The maximum absolute atomic E-state index is 10.8. The van der Waals surface area contributed by atoms with Crippen LogP contribution in [0.3, 0.4) is 0 Å². The summed E-state index contributed by atoms with van der Waals surface area (Å²) >= 11 is 0. The predicted molar refractivity (Wildman–Crippen MR) is 77.4 cm³/mol. The Morgan fingerprint density at radius 1 is 1.43 bits per heavy atom. The first kappa shape index (κ1) is 12.6. The van der Waals surface area contributed by atoms with Gasteiger partial charge in [0.05, 0.1) is 4.92 Å². The molecule has 2 fully saturated rings. The Labute approximate surface area is 121 Å². The molecular formula is C14H16N4O3. The Balaban J connectivity index is 1.63. The van der Waals surface area contributed by atoms with E-state index in [0.717, 1.165) is 19.6 Å². The highest BCUT2D eigenvalue weighted by Gasteiger charge is 2.36. The molecule has 0 amide bonds. The van der Waals surface area contributed by atoms with Crippen LogP contribution in [0.5, 0.6) is 0 Å². The molecule has 0 radical (unpaired) electrons. The molecular weight excluding hydrogens is 272 g/mol. The maximum Gasteiger partial charge on any atom is 0.298 e. The number of benzene rings is 1. The van der Waals surface area contributed by atoms with Crippen molar-refractivity contribution in [3.63, 3.8) is 0 Å². The van der Waals surface area contributed by atoms with Gasteiger partial charge in [0.15, 0.2) is 5.58 Å². The first-order valence-electron chi connectivity index (χ1n) is 7.24. The molecule has 0 saturated carbocycles. The Hall–Kier alpha value is -2.15. The second kappa shape index (κ2) is 4.70. The van der Waals surface area contributed by atoms with E-state index in [0.29, 0.717) is 29.1 Å². The average Bonchev–Trinajstić information content (AvgIpc) is 3.09. The van der Waals surface area contributed by atoms with Gasteiger partial charge in [0, 0.05) is 31.3 Å². The van der Waals surface area contributed by atoms with Crippen molar-refractivity contribution in [1.29, 1.82) is 0 Å². The fourth-order valence-corrected chi connectivity index (χ4v) is 3.36. The van der Waals surface area contributed by atoms with Crippen LogP contribution in [0.15, 0.2) is 22.6 Å². The van der Waals surface area contributed by atoms with E-state index < -0.39 is 4.92 Å². The van der Waals surface area contributed by atoms with E-state index in [1.165, 1.54) is 25.0 Å². The number of nitro benzene ring substituents is 1.